The number of amides is 1. The van der Waals surface area contributed by atoms with Crippen LogP contribution < -0.4 is 9.47 Å². The number of aromatic nitrogens is 1. The van der Waals surface area contributed by atoms with E-state index in [4.69, 9.17) is 14.2 Å². The van der Waals surface area contributed by atoms with Gasteiger partial charge in [-0.25, -0.2) is 4.98 Å². The number of alkyl halides is 3. The van der Waals surface area contributed by atoms with Gasteiger partial charge in [0.15, 0.2) is 11.5 Å². The van der Waals surface area contributed by atoms with E-state index in [1.165, 1.54) is 12.1 Å². The number of pyridine rings is 1. The summed E-state index contributed by atoms with van der Waals surface area (Å²) in [6.45, 7) is 1.87. The van der Waals surface area contributed by atoms with Crippen molar-refractivity contribution in [3.63, 3.8) is 0 Å². The molecule has 27 heavy (non-hydrogen) atoms. The molecule has 1 aromatic carbocycles. The molecule has 2 aromatic rings. The fourth-order valence-corrected chi connectivity index (χ4v) is 3.76. The van der Waals surface area contributed by atoms with Gasteiger partial charge in [0.2, 0.25) is 12.7 Å². The van der Waals surface area contributed by atoms with Gasteiger partial charge in [0.1, 0.15) is 0 Å². The number of fused-ring (bicyclic) bond motifs is 2. The summed E-state index contributed by atoms with van der Waals surface area (Å²) >= 11 is 0.985. The lowest BCUT2D eigenvalue weighted by atomic mass is 10.1. The Morgan fingerprint density at radius 1 is 1.15 bits per heavy atom. The van der Waals surface area contributed by atoms with Crippen LogP contribution in [0.3, 0.4) is 0 Å². The quantitative estimate of drug-likeness (QED) is 0.739. The number of nitrogens with zero attached hydrogens (tertiary/aromatic N) is 2. The van der Waals surface area contributed by atoms with E-state index in [9.17, 15) is 18.0 Å². The number of carbonyl (C=O) groups excluding carboxylic acids is 1. The maximum absolute atomic E-state index is 13.5. The Labute approximate surface area is 156 Å². The van der Waals surface area contributed by atoms with Gasteiger partial charge in [0.05, 0.1) is 35.1 Å². The van der Waals surface area contributed by atoms with Gasteiger partial charge < -0.3 is 19.1 Å². The normalized spacial score (nSPS) is 16.8. The fourth-order valence-electron chi connectivity index (χ4n) is 2.94. The van der Waals surface area contributed by atoms with Gasteiger partial charge >= 0.3 is 6.18 Å². The average Bonchev–Trinajstić information content (AvgIpc) is 3.10. The van der Waals surface area contributed by atoms with Gasteiger partial charge in [0, 0.05) is 24.5 Å². The van der Waals surface area contributed by atoms with Gasteiger partial charge in [-0.3, -0.25) is 4.79 Å². The van der Waals surface area contributed by atoms with Crippen molar-refractivity contribution in [1.82, 2.24) is 9.88 Å². The van der Waals surface area contributed by atoms with Crippen molar-refractivity contribution in [3.8, 4) is 11.5 Å². The first kappa shape index (κ1) is 18.2. The maximum atomic E-state index is 13.5. The molecular weight excluding hydrogens is 385 g/mol. The maximum Gasteiger partial charge on any atom is 0.417 e. The Morgan fingerprint density at radius 3 is 2.56 bits per heavy atom. The largest absolute Gasteiger partial charge is 0.454 e. The Morgan fingerprint density at radius 2 is 1.85 bits per heavy atom. The number of hydrogen-bond donors (Lipinski definition) is 0. The molecule has 0 atom stereocenters. The molecular formula is C17H15F3N2O4S. The van der Waals surface area contributed by atoms with Gasteiger partial charge in [-0.1, -0.05) is 11.8 Å². The molecule has 144 valence electrons. The highest BCUT2D eigenvalue weighted by molar-refractivity contribution is 7.99. The molecule has 0 saturated carbocycles. The van der Waals surface area contributed by atoms with Crippen molar-refractivity contribution in [2.24, 2.45) is 0 Å². The molecule has 0 bridgehead atoms. The third-order valence-electron chi connectivity index (χ3n) is 4.29. The number of benzene rings is 1. The number of carbonyl (C=O) groups is 1. The molecule has 1 amide bonds. The van der Waals surface area contributed by atoms with E-state index in [1.54, 1.807) is 4.90 Å². The molecule has 4 rings (SSSR count). The van der Waals surface area contributed by atoms with Crippen molar-refractivity contribution in [2.75, 3.05) is 38.8 Å². The molecule has 6 nitrogen and oxygen atoms in total. The lowest BCUT2D eigenvalue weighted by molar-refractivity contribution is -0.136. The zero-order chi connectivity index (χ0) is 19.0. The molecule has 1 saturated heterocycles. The highest BCUT2D eigenvalue weighted by Gasteiger charge is 2.34. The fraction of sp³-hybridized carbons (Fsp3) is 0.412. The van der Waals surface area contributed by atoms with Crippen LogP contribution in [0.25, 0.3) is 10.9 Å². The summed E-state index contributed by atoms with van der Waals surface area (Å²) in [6, 6.07) is 3.70. The number of hydrogen-bond acceptors (Lipinski definition) is 6. The number of thioether (sulfide) groups is 1. The van der Waals surface area contributed by atoms with Crippen molar-refractivity contribution >= 4 is 28.6 Å². The number of ether oxygens (including phenoxy) is 3. The minimum Gasteiger partial charge on any atom is -0.454 e. The second-order valence-electron chi connectivity index (χ2n) is 6.01. The summed E-state index contributed by atoms with van der Waals surface area (Å²) in [5.74, 6) is 0.484. The van der Waals surface area contributed by atoms with Crippen LogP contribution in [0.5, 0.6) is 11.5 Å². The topological polar surface area (TPSA) is 60.9 Å². The van der Waals surface area contributed by atoms with E-state index in [1.807, 2.05) is 0 Å². The molecule has 0 spiro atoms. The molecule has 10 heteroatoms. The molecule has 1 fully saturated rings. The number of rotatable bonds is 3. The second kappa shape index (κ2) is 7.08. The number of morpholine rings is 1. The van der Waals surface area contributed by atoms with Crippen molar-refractivity contribution in [3.05, 3.63) is 23.8 Å². The number of halogens is 3. The van der Waals surface area contributed by atoms with E-state index < -0.39 is 11.7 Å². The first-order valence-corrected chi connectivity index (χ1v) is 9.20. The summed E-state index contributed by atoms with van der Waals surface area (Å²) in [4.78, 5) is 18.1. The minimum atomic E-state index is -4.56. The summed E-state index contributed by atoms with van der Waals surface area (Å²) in [5.41, 5.74) is -0.664. The smallest absolute Gasteiger partial charge is 0.417 e. The van der Waals surface area contributed by atoms with Crippen LogP contribution in [0.15, 0.2) is 23.2 Å². The summed E-state index contributed by atoms with van der Waals surface area (Å²) < 4.78 is 56.2. The Kier molecular flexibility index (Phi) is 4.77. The van der Waals surface area contributed by atoms with Crippen molar-refractivity contribution < 1.29 is 32.2 Å². The standard InChI is InChI=1S/C17H15F3N2O4S/c18-17(19,20)11-6-15(27-8-16(23)22-1-3-24-4-2-22)21-12-7-14-13(5-10(11)12)25-9-26-14/h5-7H,1-4,8-9H2. The van der Waals surface area contributed by atoms with Crippen LogP contribution >= 0.6 is 11.8 Å². The average molecular weight is 400 g/mol. The highest BCUT2D eigenvalue weighted by Crippen LogP contribution is 2.42. The molecule has 0 unspecified atom stereocenters. The van der Waals surface area contributed by atoms with Crippen molar-refractivity contribution in [1.29, 1.82) is 0 Å². The van der Waals surface area contributed by atoms with Gasteiger partial charge in [-0.15, -0.1) is 0 Å². The van der Waals surface area contributed by atoms with Crippen LogP contribution in [-0.2, 0) is 15.7 Å². The lowest BCUT2D eigenvalue weighted by Gasteiger charge is -2.26. The molecule has 0 N–H and O–H groups in total. The minimum absolute atomic E-state index is 0.0142. The zero-order valence-electron chi connectivity index (χ0n) is 14.0. The first-order valence-electron chi connectivity index (χ1n) is 8.22. The van der Waals surface area contributed by atoms with Crippen LogP contribution in [0, 0.1) is 0 Å². The highest BCUT2D eigenvalue weighted by atomic mass is 32.2. The molecule has 1 aromatic heterocycles. The van der Waals surface area contributed by atoms with E-state index in [0.717, 1.165) is 17.8 Å². The third kappa shape index (κ3) is 3.77. The van der Waals surface area contributed by atoms with Crippen LogP contribution in [0.4, 0.5) is 13.2 Å². The Balaban J connectivity index is 1.62. The Bertz CT molecular complexity index is 885. The van der Waals surface area contributed by atoms with E-state index >= 15 is 0 Å². The first-order chi connectivity index (χ1) is 12.9. The zero-order valence-corrected chi connectivity index (χ0v) is 14.9. The monoisotopic (exact) mass is 400 g/mol. The molecule has 2 aliphatic rings. The van der Waals surface area contributed by atoms with E-state index in [-0.39, 0.29) is 40.1 Å². The lowest BCUT2D eigenvalue weighted by Crippen LogP contribution is -2.41. The van der Waals surface area contributed by atoms with Gasteiger partial charge in [-0.05, 0) is 12.1 Å². The second-order valence-corrected chi connectivity index (χ2v) is 7.01. The predicted octanol–water partition coefficient (Wildman–Crippen LogP) is 2.93. The van der Waals surface area contributed by atoms with Crippen LogP contribution in [0.1, 0.15) is 5.56 Å². The summed E-state index contributed by atoms with van der Waals surface area (Å²) in [5, 5.41) is 0.0749. The Hall–Kier alpha value is -2.20. The summed E-state index contributed by atoms with van der Waals surface area (Å²) in [6.07, 6.45) is -4.56. The third-order valence-corrected chi connectivity index (χ3v) is 5.19. The SMILES string of the molecule is O=C(CSc1cc(C(F)(F)F)c2cc3c(cc2n1)OCO3)N1CCOCC1. The molecule has 3 heterocycles. The van der Waals surface area contributed by atoms with Crippen molar-refractivity contribution in [2.45, 2.75) is 11.2 Å². The van der Waals surface area contributed by atoms with E-state index in [2.05, 4.69) is 4.98 Å². The van der Waals surface area contributed by atoms with Gasteiger partial charge in [-0.2, -0.15) is 13.2 Å². The summed E-state index contributed by atoms with van der Waals surface area (Å²) in [7, 11) is 0. The predicted molar refractivity (Wildman–Crippen MR) is 91.0 cm³/mol. The van der Waals surface area contributed by atoms with E-state index in [0.29, 0.717) is 32.1 Å². The molecule has 0 aliphatic carbocycles. The molecule has 2 aliphatic heterocycles. The van der Waals surface area contributed by atoms with Gasteiger partial charge in [0.25, 0.3) is 0 Å². The van der Waals surface area contributed by atoms with Crippen LogP contribution in [-0.4, -0.2) is 54.6 Å². The molecule has 0 radical (unpaired) electrons. The van der Waals surface area contributed by atoms with Crippen LogP contribution in [0.2, 0.25) is 0 Å².